The third-order valence-electron chi connectivity index (χ3n) is 2.81. The van der Waals surface area contributed by atoms with Crippen molar-refractivity contribution in [3.63, 3.8) is 0 Å². The summed E-state index contributed by atoms with van der Waals surface area (Å²) < 4.78 is 5.15. The lowest BCUT2D eigenvalue weighted by Gasteiger charge is -2.23. The molecule has 0 aromatic rings. The summed E-state index contributed by atoms with van der Waals surface area (Å²) in [6.45, 7) is 3.93. The minimum absolute atomic E-state index is 0.0265. The van der Waals surface area contributed by atoms with Gasteiger partial charge in [-0.05, 0) is 26.2 Å². The van der Waals surface area contributed by atoms with Crippen molar-refractivity contribution < 1.29 is 9.53 Å². The molecule has 3 nitrogen and oxygen atoms in total. The Morgan fingerprint density at radius 2 is 2.07 bits per heavy atom. The Kier molecular flexibility index (Phi) is 4.77. The number of rotatable bonds is 3. The molecule has 0 heterocycles. The van der Waals surface area contributed by atoms with Gasteiger partial charge in [0.05, 0.1) is 0 Å². The molecular weight excluding hydrogens is 178 g/mol. The second kappa shape index (κ2) is 5.89. The van der Waals surface area contributed by atoms with Crippen LogP contribution in [-0.4, -0.2) is 18.2 Å². The van der Waals surface area contributed by atoms with Crippen LogP contribution < -0.4 is 5.32 Å². The summed E-state index contributed by atoms with van der Waals surface area (Å²) in [5.74, 6) is 0. The average molecular weight is 199 g/mol. The monoisotopic (exact) mass is 199 g/mol. The fourth-order valence-electron chi connectivity index (χ4n) is 1.71. The van der Waals surface area contributed by atoms with Gasteiger partial charge in [-0.2, -0.15) is 0 Å². The molecule has 82 valence electrons. The van der Waals surface area contributed by atoms with E-state index in [0.717, 1.165) is 19.3 Å². The number of ether oxygens (including phenoxy) is 1. The Balaban J connectivity index is 2.18. The second-order valence-electron chi connectivity index (χ2n) is 4.10. The van der Waals surface area contributed by atoms with Crippen molar-refractivity contribution in [2.24, 2.45) is 0 Å². The minimum Gasteiger partial charge on any atom is -0.447 e. The van der Waals surface area contributed by atoms with E-state index in [1.165, 1.54) is 19.3 Å². The van der Waals surface area contributed by atoms with Crippen LogP contribution >= 0.6 is 0 Å². The van der Waals surface area contributed by atoms with Crippen LogP contribution in [-0.2, 0) is 4.74 Å². The Hall–Kier alpha value is -0.730. The highest BCUT2D eigenvalue weighted by Crippen LogP contribution is 2.17. The number of amides is 1. The van der Waals surface area contributed by atoms with Crippen LogP contribution in [0.5, 0.6) is 0 Å². The Morgan fingerprint density at radius 3 is 2.64 bits per heavy atom. The summed E-state index contributed by atoms with van der Waals surface area (Å²) in [5.41, 5.74) is 0. The minimum atomic E-state index is -0.244. The van der Waals surface area contributed by atoms with Crippen molar-refractivity contribution in [2.45, 2.75) is 64.5 Å². The van der Waals surface area contributed by atoms with Crippen molar-refractivity contribution in [1.82, 2.24) is 5.32 Å². The number of carbonyl (C=O) groups is 1. The van der Waals surface area contributed by atoms with Crippen molar-refractivity contribution >= 4 is 6.09 Å². The maximum Gasteiger partial charge on any atom is 0.407 e. The molecule has 3 heteroatoms. The summed E-state index contributed by atoms with van der Waals surface area (Å²) in [6.07, 6.45) is 6.63. The molecule has 1 aliphatic carbocycles. The van der Waals surface area contributed by atoms with E-state index in [1.54, 1.807) is 0 Å². The predicted molar refractivity (Wildman–Crippen MR) is 56.2 cm³/mol. The van der Waals surface area contributed by atoms with Crippen LogP contribution in [0, 0.1) is 0 Å². The molecule has 1 atom stereocenters. The van der Waals surface area contributed by atoms with Crippen molar-refractivity contribution in [3.05, 3.63) is 0 Å². The van der Waals surface area contributed by atoms with E-state index in [-0.39, 0.29) is 12.2 Å². The van der Waals surface area contributed by atoms with Gasteiger partial charge in [-0.1, -0.05) is 26.2 Å². The molecule has 0 saturated heterocycles. The van der Waals surface area contributed by atoms with Gasteiger partial charge in [0.1, 0.15) is 6.10 Å². The van der Waals surface area contributed by atoms with Gasteiger partial charge < -0.3 is 10.1 Å². The predicted octanol–water partition coefficient (Wildman–Crippen LogP) is 2.84. The van der Waals surface area contributed by atoms with Gasteiger partial charge >= 0.3 is 6.09 Å². The van der Waals surface area contributed by atoms with Crippen molar-refractivity contribution in [2.75, 3.05) is 0 Å². The lowest BCUT2D eigenvalue weighted by atomic mass is 9.96. The quantitative estimate of drug-likeness (QED) is 0.759. The standard InChI is InChI=1S/C11H21NO2/c1-3-9(2)14-11(13)12-10-7-5-4-6-8-10/h9-10H,3-8H2,1-2H3,(H,12,13). The van der Waals surface area contributed by atoms with Gasteiger partial charge in [-0.15, -0.1) is 0 Å². The van der Waals surface area contributed by atoms with E-state index in [1.807, 2.05) is 13.8 Å². The number of hydrogen-bond acceptors (Lipinski definition) is 2. The third kappa shape index (κ3) is 3.99. The van der Waals surface area contributed by atoms with E-state index in [4.69, 9.17) is 4.74 Å². The first-order valence-corrected chi connectivity index (χ1v) is 5.69. The lowest BCUT2D eigenvalue weighted by molar-refractivity contribution is 0.0996. The molecule has 0 spiro atoms. The van der Waals surface area contributed by atoms with Gasteiger partial charge in [0.15, 0.2) is 0 Å². The van der Waals surface area contributed by atoms with Crippen LogP contribution in [0.3, 0.4) is 0 Å². The molecule has 1 unspecified atom stereocenters. The highest BCUT2D eigenvalue weighted by molar-refractivity contribution is 5.67. The molecule has 0 bridgehead atoms. The topological polar surface area (TPSA) is 38.3 Å². The third-order valence-corrected chi connectivity index (χ3v) is 2.81. The number of carbonyl (C=O) groups excluding carboxylic acids is 1. The summed E-state index contributed by atoms with van der Waals surface area (Å²) in [7, 11) is 0. The Labute approximate surface area is 86.2 Å². The van der Waals surface area contributed by atoms with Crippen LogP contribution in [0.15, 0.2) is 0 Å². The van der Waals surface area contributed by atoms with Gasteiger partial charge in [0.2, 0.25) is 0 Å². The molecule has 0 aromatic carbocycles. The summed E-state index contributed by atoms with van der Waals surface area (Å²) in [5, 5.41) is 2.92. The summed E-state index contributed by atoms with van der Waals surface area (Å²) >= 11 is 0. The fraction of sp³-hybridized carbons (Fsp3) is 0.909. The maximum absolute atomic E-state index is 11.3. The lowest BCUT2D eigenvalue weighted by Crippen LogP contribution is -2.37. The molecule has 0 radical (unpaired) electrons. The Morgan fingerprint density at radius 1 is 1.43 bits per heavy atom. The normalized spacial score (nSPS) is 20.1. The Bertz CT molecular complexity index is 176. The number of alkyl carbamates (subject to hydrolysis) is 1. The average Bonchev–Trinajstić information content (AvgIpc) is 2.19. The first-order chi connectivity index (χ1) is 6.72. The number of hydrogen-bond donors (Lipinski definition) is 1. The SMILES string of the molecule is CCC(C)OC(=O)NC1CCCCC1. The zero-order valence-electron chi connectivity index (χ0n) is 9.21. The molecule has 1 saturated carbocycles. The molecule has 1 rings (SSSR count). The second-order valence-corrected chi connectivity index (χ2v) is 4.10. The molecule has 0 aliphatic heterocycles. The zero-order valence-corrected chi connectivity index (χ0v) is 9.21. The summed E-state index contributed by atoms with van der Waals surface area (Å²) in [4.78, 5) is 11.3. The zero-order chi connectivity index (χ0) is 10.4. The maximum atomic E-state index is 11.3. The van der Waals surface area contributed by atoms with Gasteiger partial charge in [-0.3, -0.25) is 0 Å². The molecule has 1 fully saturated rings. The fourth-order valence-corrected chi connectivity index (χ4v) is 1.71. The molecule has 1 amide bonds. The largest absolute Gasteiger partial charge is 0.447 e. The first-order valence-electron chi connectivity index (χ1n) is 5.69. The van der Waals surface area contributed by atoms with Crippen LogP contribution in [0.1, 0.15) is 52.4 Å². The summed E-state index contributed by atoms with van der Waals surface area (Å²) in [6, 6.07) is 0.348. The van der Waals surface area contributed by atoms with E-state index in [2.05, 4.69) is 5.32 Å². The van der Waals surface area contributed by atoms with E-state index < -0.39 is 0 Å². The number of nitrogens with one attached hydrogen (secondary N) is 1. The van der Waals surface area contributed by atoms with Crippen LogP contribution in [0.2, 0.25) is 0 Å². The van der Waals surface area contributed by atoms with Crippen LogP contribution in [0.25, 0.3) is 0 Å². The van der Waals surface area contributed by atoms with E-state index in [0.29, 0.717) is 6.04 Å². The molecular formula is C11H21NO2. The van der Waals surface area contributed by atoms with Crippen molar-refractivity contribution in [3.8, 4) is 0 Å². The van der Waals surface area contributed by atoms with Gasteiger partial charge in [-0.25, -0.2) is 4.79 Å². The van der Waals surface area contributed by atoms with Crippen LogP contribution in [0.4, 0.5) is 4.79 Å². The molecule has 14 heavy (non-hydrogen) atoms. The van der Waals surface area contributed by atoms with Crippen molar-refractivity contribution in [1.29, 1.82) is 0 Å². The molecule has 1 N–H and O–H groups in total. The van der Waals surface area contributed by atoms with E-state index >= 15 is 0 Å². The smallest absolute Gasteiger partial charge is 0.407 e. The van der Waals surface area contributed by atoms with Gasteiger partial charge in [0, 0.05) is 6.04 Å². The highest BCUT2D eigenvalue weighted by atomic mass is 16.6. The van der Waals surface area contributed by atoms with Gasteiger partial charge in [0.25, 0.3) is 0 Å². The molecule has 1 aliphatic rings. The highest BCUT2D eigenvalue weighted by Gasteiger charge is 2.17. The van der Waals surface area contributed by atoms with E-state index in [9.17, 15) is 4.79 Å². The first kappa shape index (κ1) is 11.3. The molecule has 0 aromatic heterocycles.